The van der Waals surface area contributed by atoms with Crippen LogP contribution < -0.4 is 0 Å². The van der Waals surface area contributed by atoms with Crippen LogP contribution in [0.2, 0.25) is 0 Å². The van der Waals surface area contributed by atoms with Gasteiger partial charge in [-0.2, -0.15) is 0 Å². The molecule has 1 atom stereocenters. The maximum atomic E-state index is 12.4. The first-order chi connectivity index (χ1) is 9.31. The summed E-state index contributed by atoms with van der Waals surface area (Å²) in [6, 6.07) is 0.344. The molecule has 1 N–H and O–H groups in total. The van der Waals surface area contributed by atoms with E-state index in [0.29, 0.717) is 19.0 Å². The van der Waals surface area contributed by atoms with E-state index in [1.54, 1.807) is 0 Å². The van der Waals surface area contributed by atoms with Gasteiger partial charge in [-0.3, -0.25) is 4.79 Å². The Bertz CT molecular complexity index is 271. The van der Waals surface area contributed by atoms with Gasteiger partial charge in [0, 0.05) is 19.2 Å². The standard InChI is InChI=1S/C15H27NO3/c17-10-9-16(13-6-2-1-3-7-13)15(18)12-14-8-4-5-11-19-14/h13-14,17H,1-12H2. The quantitative estimate of drug-likeness (QED) is 0.831. The first-order valence-electron chi connectivity index (χ1n) is 7.83. The zero-order valence-electron chi connectivity index (χ0n) is 11.9. The zero-order valence-corrected chi connectivity index (χ0v) is 11.9. The third-order valence-corrected chi connectivity index (χ3v) is 4.35. The third kappa shape index (κ3) is 4.46. The maximum absolute atomic E-state index is 12.4. The molecular weight excluding hydrogens is 242 g/mol. The normalized spacial score (nSPS) is 25.2. The number of rotatable bonds is 5. The van der Waals surface area contributed by atoms with Gasteiger partial charge in [0.25, 0.3) is 0 Å². The summed E-state index contributed by atoms with van der Waals surface area (Å²) in [4.78, 5) is 14.3. The number of aliphatic hydroxyl groups excluding tert-OH is 1. The molecule has 1 saturated carbocycles. The number of nitrogens with zero attached hydrogens (tertiary/aromatic N) is 1. The second-order valence-corrected chi connectivity index (χ2v) is 5.80. The smallest absolute Gasteiger partial charge is 0.225 e. The van der Waals surface area contributed by atoms with E-state index in [0.717, 1.165) is 32.3 Å². The van der Waals surface area contributed by atoms with Crippen LogP contribution in [-0.4, -0.2) is 47.8 Å². The van der Waals surface area contributed by atoms with Crippen molar-refractivity contribution in [1.82, 2.24) is 4.90 Å². The Balaban J connectivity index is 1.87. The molecular formula is C15H27NO3. The molecule has 0 aromatic carbocycles. The first-order valence-corrected chi connectivity index (χ1v) is 7.83. The van der Waals surface area contributed by atoms with Crippen molar-refractivity contribution in [2.75, 3.05) is 19.8 Å². The third-order valence-electron chi connectivity index (χ3n) is 4.35. The molecule has 110 valence electrons. The number of ether oxygens (including phenoxy) is 1. The minimum atomic E-state index is 0.0633. The molecule has 0 radical (unpaired) electrons. The van der Waals surface area contributed by atoms with Gasteiger partial charge in [0.15, 0.2) is 0 Å². The summed E-state index contributed by atoms with van der Waals surface area (Å²) >= 11 is 0. The van der Waals surface area contributed by atoms with Crippen LogP contribution in [-0.2, 0) is 9.53 Å². The fourth-order valence-corrected chi connectivity index (χ4v) is 3.29. The molecule has 0 aromatic heterocycles. The van der Waals surface area contributed by atoms with Gasteiger partial charge in [-0.25, -0.2) is 0 Å². The van der Waals surface area contributed by atoms with Gasteiger partial charge >= 0.3 is 0 Å². The van der Waals surface area contributed by atoms with Crippen LogP contribution in [0, 0.1) is 0 Å². The molecule has 1 saturated heterocycles. The van der Waals surface area contributed by atoms with E-state index in [4.69, 9.17) is 4.74 Å². The Morgan fingerprint density at radius 1 is 1.11 bits per heavy atom. The van der Waals surface area contributed by atoms with E-state index in [1.807, 2.05) is 4.90 Å². The largest absolute Gasteiger partial charge is 0.395 e. The number of aliphatic hydroxyl groups is 1. The molecule has 1 aliphatic carbocycles. The minimum Gasteiger partial charge on any atom is -0.395 e. The molecule has 1 amide bonds. The second-order valence-electron chi connectivity index (χ2n) is 5.80. The van der Waals surface area contributed by atoms with Crippen molar-refractivity contribution in [1.29, 1.82) is 0 Å². The molecule has 2 aliphatic rings. The highest BCUT2D eigenvalue weighted by Gasteiger charge is 2.27. The summed E-state index contributed by atoms with van der Waals surface area (Å²) in [5.74, 6) is 0.174. The van der Waals surface area contributed by atoms with Crippen molar-refractivity contribution < 1.29 is 14.6 Å². The molecule has 2 rings (SSSR count). The van der Waals surface area contributed by atoms with Gasteiger partial charge in [0.05, 0.1) is 19.1 Å². The number of carbonyl (C=O) groups excluding carboxylic acids is 1. The average molecular weight is 269 g/mol. The number of carbonyl (C=O) groups is 1. The zero-order chi connectivity index (χ0) is 13.5. The number of amides is 1. The Hall–Kier alpha value is -0.610. The lowest BCUT2D eigenvalue weighted by atomic mass is 9.93. The van der Waals surface area contributed by atoms with E-state index in [9.17, 15) is 9.90 Å². The highest BCUT2D eigenvalue weighted by Crippen LogP contribution is 2.24. The lowest BCUT2D eigenvalue weighted by Crippen LogP contribution is -2.44. The molecule has 19 heavy (non-hydrogen) atoms. The van der Waals surface area contributed by atoms with E-state index >= 15 is 0 Å². The predicted octanol–water partition coefficient (Wildman–Crippen LogP) is 2.10. The van der Waals surface area contributed by atoms with Crippen LogP contribution in [0.4, 0.5) is 0 Å². The fraction of sp³-hybridized carbons (Fsp3) is 0.933. The summed E-state index contributed by atoms with van der Waals surface area (Å²) in [5, 5.41) is 9.20. The molecule has 1 unspecified atom stereocenters. The van der Waals surface area contributed by atoms with Crippen LogP contribution in [0.25, 0.3) is 0 Å². The summed E-state index contributed by atoms with van der Waals surface area (Å²) in [7, 11) is 0. The Kier molecular flexibility index (Phi) is 6.11. The topological polar surface area (TPSA) is 49.8 Å². The van der Waals surface area contributed by atoms with Crippen molar-refractivity contribution in [2.45, 2.75) is 69.9 Å². The minimum absolute atomic E-state index is 0.0633. The predicted molar refractivity (Wildman–Crippen MR) is 73.9 cm³/mol. The number of hydrogen-bond acceptors (Lipinski definition) is 3. The van der Waals surface area contributed by atoms with Crippen molar-refractivity contribution in [3.8, 4) is 0 Å². The maximum Gasteiger partial charge on any atom is 0.225 e. The molecule has 4 nitrogen and oxygen atoms in total. The highest BCUT2D eigenvalue weighted by molar-refractivity contribution is 5.77. The fourth-order valence-electron chi connectivity index (χ4n) is 3.29. The van der Waals surface area contributed by atoms with Crippen molar-refractivity contribution in [2.24, 2.45) is 0 Å². The van der Waals surface area contributed by atoms with Crippen molar-refractivity contribution in [3.63, 3.8) is 0 Å². The van der Waals surface area contributed by atoms with E-state index in [2.05, 4.69) is 0 Å². The van der Waals surface area contributed by atoms with Crippen LogP contribution in [0.15, 0.2) is 0 Å². The first kappa shape index (κ1) is 14.8. The Labute approximate surface area is 116 Å². The summed E-state index contributed by atoms with van der Waals surface area (Å²) in [5.41, 5.74) is 0. The van der Waals surface area contributed by atoms with Crippen molar-refractivity contribution in [3.05, 3.63) is 0 Å². The van der Waals surface area contributed by atoms with Crippen LogP contribution in [0.5, 0.6) is 0 Å². The van der Waals surface area contributed by atoms with Crippen LogP contribution in [0.1, 0.15) is 57.8 Å². The van der Waals surface area contributed by atoms with Gasteiger partial charge in [-0.15, -0.1) is 0 Å². The van der Waals surface area contributed by atoms with Gasteiger partial charge in [-0.05, 0) is 32.1 Å². The monoisotopic (exact) mass is 269 g/mol. The Morgan fingerprint density at radius 2 is 1.84 bits per heavy atom. The number of hydrogen-bond donors (Lipinski definition) is 1. The van der Waals surface area contributed by atoms with Crippen molar-refractivity contribution >= 4 is 5.91 Å². The summed E-state index contributed by atoms with van der Waals surface area (Å²) in [6.07, 6.45) is 9.78. The van der Waals surface area contributed by atoms with Gasteiger partial charge < -0.3 is 14.7 Å². The molecule has 2 fully saturated rings. The molecule has 1 aliphatic heterocycles. The Morgan fingerprint density at radius 3 is 2.47 bits per heavy atom. The highest BCUT2D eigenvalue weighted by atomic mass is 16.5. The van der Waals surface area contributed by atoms with Gasteiger partial charge in [0.2, 0.25) is 5.91 Å². The van der Waals surface area contributed by atoms with E-state index in [-0.39, 0.29) is 18.6 Å². The lowest BCUT2D eigenvalue weighted by Gasteiger charge is -2.35. The summed E-state index contributed by atoms with van der Waals surface area (Å²) in [6.45, 7) is 1.34. The lowest BCUT2D eigenvalue weighted by molar-refractivity contribution is -0.138. The molecule has 4 heteroatoms. The van der Waals surface area contributed by atoms with E-state index < -0.39 is 0 Å². The molecule has 0 aromatic rings. The van der Waals surface area contributed by atoms with E-state index in [1.165, 1.54) is 25.7 Å². The SMILES string of the molecule is O=C(CC1CCCCO1)N(CCO)C1CCCCC1. The molecule has 0 bridgehead atoms. The molecule has 0 spiro atoms. The van der Waals surface area contributed by atoms with Crippen LogP contribution in [0.3, 0.4) is 0 Å². The average Bonchev–Trinajstić information content (AvgIpc) is 2.46. The molecule has 1 heterocycles. The van der Waals surface area contributed by atoms with Gasteiger partial charge in [0.1, 0.15) is 0 Å². The van der Waals surface area contributed by atoms with Crippen LogP contribution >= 0.6 is 0 Å². The second kappa shape index (κ2) is 7.85. The van der Waals surface area contributed by atoms with Gasteiger partial charge in [-0.1, -0.05) is 19.3 Å². The summed E-state index contributed by atoms with van der Waals surface area (Å²) < 4.78 is 5.65.